The zero-order valence-electron chi connectivity index (χ0n) is 17.9. The van der Waals surface area contributed by atoms with Gasteiger partial charge in [0.2, 0.25) is 0 Å². The summed E-state index contributed by atoms with van der Waals surface area (Å²) >= 11 is 0. The third kappa shape index (κ3) is 5.43. The Morgan fingerprint density at radius 1 is 1.03 bits per heavy atom. The van der Waals surface area contributed by atoms with Crippen LogP contribution in [0.4, 0.5) is 0 Å². The molecule has 2 aromatic rings. The van der Waals surface area contributed by atoms with E-state index in [9.17, 15) is 0 Å². The van der Waals surface area contributed by atoms with Crippen molar-refractivity contribution in [1.82, 2.24) is 15.1 Å². The Labute approximate surface area is 178 Å². The van der Waals surface area contributed by atoms with Crippen molar-refractivity contribution in [3.8, 4) is 17.6 Å². The zero-order chi connectivity index (χ0) is 21.3. The van der Waals surface area contributed by atoms with E-state index >= 15 is 0 Å². The van der Waals surface area contributed by atoms with Gasteiger partial charge in [-0.05, 0) is 35.4 Å². The SMILES string of the molecule is CN=C(NCc1cccc(C#N)c1)N1CCN(Cc2ccc(OC)c(OC)c2)CC1. The first-order chi connectivity index (χ1) is 14.7. The van der Waals surface area contributed by atoms with E-state index in [-0.39, 0.29) is 0 Å². The average Bonchev–Trinajstić information content (AvgIpc) is 2.80. The summed E-state index contributed by atoms with van der Waals surface area (Å²) in [5, 5.41) is 12.5. The van der Waals surface area contributed by atoms with E-state index in [1.807, 2.05) is 43.4 Å². The highest BCUT2D eigenvalue weighted by Gasteiger charge is 2.20. The van der Waals surface area contributed by atoms with Crippen molar-refractivity contribution in [1.29, 1.82) is 5.26 Å². The lowest BCUT2D eigenvalue weighted by molar-refractivity contribution is 0.172. The van der Waals surface area contributed by atoms with Gasteiger partial charge >= 0.3 is 0 Å². The molecule has 1 fully saturated rings. The first-order valence-electron chi connectivity index (χ1n) is 10.0. The van der Waals surface area contributed by atoms with Gasteiger partial charge in [0.1, 0.15) is 0 Å². The van der Waals surface area contributed by atoms with E-state index in [0.29, 0.717) is 12.1 Å². The fourth-order valence-corrected chi connectivity index (χ4v) is 3.62. The molecule has 0 saturated carbocycles. The first kappa shape index (κ1) is 21.5. The van der Waals surface area contributed by atoms with Gasteiger partial charge in [0, 0.05) is 46.3 Å². The van der Waals surface area contributed by atoms with E-state index in [4.69, 9.17) is 14.7 Å². The van der Waals surface area contributed by atoms with Crippen LogP contribution in [0, 0.1) is 11.3 Å². The summed E-state index contributed by atoms with van der Waals surface area (Å²) in [7, 11) is 5.12. The molecule has 0 amide bonds. The van der Waals surface area contributed by atoms with Crippen LogP contribution in [0.2, 0.25) is 0 Å². The molecule has 0 unspecified atom stereocenters. The van der Waals surface area contributed by atoms with Crippen molar-refractivity contribution in [2.24, 2.45) is 4.99 Å². The van der Waals surface area contributed by atoms with Crippen LogP contribution in [0.5, 0.6) is 11.5 Å². The van der Waals surface area contributed by atoms with Crippen molar-refractivity contribution in [3.63, 3.8) is 0 Å². The highest BCUT2D eigenvalue weighted by Crippen LogP contribution is 2.28. The molecule has 0 radical (unpaired) electrons. The molecule has 1 saturated heterocycles. The summed E-state index contributed by atoms with van der Waals surface area (Å²) in [6.07, 6.45) is 0. The Hall–Kier alpha value is -3.24. The summed E-state index contributed by atoms with van der Waals surface area (Å²) in [6.45, 7) is 5.25. The molecule has 1 heterocycles. The number of nitrogens with one attached hydrogen (secondary N) is 1. The van der Waals surface area contributed by atoms with E-state index in [1.54, 1.807) is 14.2 Å². The maximum absolute atomic E-state index is 9.06. The third-order valence-corrected chi connectivity index (χ3v) is 5.24. The minimum atomic E-state index is 0.647. The quantitative estimate of drug-likeness (QED) is 0.586. The van der Waals surface area contributed by atoms with Crippen LogP contribution in [-0.4, -0.2) is 63.2 Å². The number of methoxy groups -OCH3 is 2. The summed E-state index contributed by atoms with van der Waals surface area (Å²) in [5.74, 6) is 2.41. The average molecular weight is 408 g/mol. The van der Waals surface area contributed by atoms with Gasteiger partial charge < -0.3 is 19.7 Å². The minimum Gasteiger partial charge on any atom is -0.493 e. The molecular formula is C23H29N5O2. The topological polar surface area (TPSA) is 73.1 Å². The molecule has 1 aliphatic rings. The van der Waals surface area contributed by atoms with Gasteiger partial charge in [0.15, 0.2) is 17.5 Å². The van der Waals surface area contributed by atoms with Crippen molar-refractivity contribution < 1.29 is 9.47 Å². The molecule has 3 rings (SSSR count). The monoisotopic (exact) mass is 407 g/mol. The van der Waals surface area contributed by atoms with Crippen LogP contribution >= 0.6 is 0 Å². The van der Waals surface area contributed by atoms with Crippen LogP contribution in [0.15, 0.2) is 47.5 Å². The van der Waals surface area contributed by atoms with E-state index in [0.717, 1.165) is 55.7 Å². The maximum Gasteiger partial charge on any atom is 0.194 e. The van der Waals surface area contributed by atoms with E-state index < -0.39 is 0 Å². The van der Waals surface area contributed by atoms with Crippen LogP contribution in [0.25, 0.3) is 0 Å². The molecule has 0 aliphatic carbocycles. The number of nitrogens with zero attached hydrogens (tertiary/aromatic N) is 4. The molecule has 1 N–H and O–H groups in total. The van der Waals surface area contributed by atoms with Gasteiger partial charge in [-0.2, -0.15) is 5.26 Å². The Balaban J connectivity index is 1.52. The van der Waals surface area contributed by atoms with E-state index in [2.05, 4.69) is 32.2 Å². The Morgan fingerprint density at radius 3 is 2.47 bits per heavy atom. The molecular weight excluding hydrogens is 378 g/mol. The predicted octanol–water partition coefficient (Wildman–Crippen LogP) is 2.47. The number of rotatable bonds is 6. The number of piperazine rings is 1. The second-order valence-corrected chi connectivity index (χ2v) is 7.17. The van der Waals surface area contributed by atoms with Crippen LogP contribution < -0.4 is 14.8 Å². The zero-order valence-corrected chi connectivity index (χ0v) is 17.9. The van der Waals surface area contributed by atoms with Crippen LogP contribution in [0.1, 0.15) is 16.7 Å². The number of ether oxygens (including phenoxy) is 2. The lowest BCUT2D eigenvalue weighted by atomic mass is 10.1. The summed E-state index contributed by atoms with van der Waals surface area (Å²) in [5.41, 5.74) is 2.95. The number of benzene rings is 2. The van der Waals surface area contributed by atoms with E-state index in [1.165, 1.54) is 5.56 Å². The van der Waals surface area contributed by atoms with Crippen molar-refractivity contribution in [2.45, 2.75) is 13.1 Å². The molecule has 2 aromatic carbocycles. The minimum absolute atomic E-state index is 0.647. The van der Waals surface area contributed by atoms with Crippen LogP contribution in [0.3, 0.4) is 0 Å². The summed E-state index contributed by atoms with van der Waals surface area (Å²) in [4.78, 5) is 9.15. The van der Waals surface area contributed by atoms with Crippen molar-refractivity contribution >= 4 is 5.96 Å². The largest absolute Gasteiger partial charge is 0.493 e. The number of nitriles is 1. The van der Waals surface area contributed by atoms with Gasteiger partial charge in [0.25, 0.3) is 0 Å². The lowest BCUT2D eigenvalue weighted by Crippen LogP contribution is -2.52. The number of hydrogen-bond acceptors (Lipinski definition) is 5. The van der Waals surface area contributed by atoms with Gasteiger partial charge in [-0.3, -0.25) is 9.89 Å². The lowest BCUT2D eigenvalue weighted by Gasteiger charge is -2.36. The molecule has 0 aromatic heterocycles. The second-order valence-electron chi connectivity index (χ2n) is 7.17. The fraction of sp³-hybridized carbons (Fsp3) is 0.391. The molecule has 1 aliphatic heterocycles. The Kier molecular flexibility index (Phi) is 7.52. The highest BCUT2D eigenvalue weighted by molar-refractivity contribution is 5.80. The molecule has 30 heavy (non-hydrogen) atoms. The Bertz CT molecular complexity index is 914. The highest BCUT2D eigenvalue weighted by atomic mass is 16.5. The van der Waals surface area contributed by atoms with Gasteiger partial charge in [0.05, 0.1) is 25.9 Å². The molecule has 0 atom stereocenters. The number of aliphatic imine (C=N–C) groups is 1. The summed E-state index contributed by atoms with van der Waals surface area (Å²) in [6, 6.07) is 15.9. The maximum atomic E-state index is 9.06. The molecule has 158 valence electrons. The van der Waals surface area contributed by atoms with Gasteiger partial charge in [-0.15, -0.1) is 0 Å². The second kappa shape index (κ2) is 10.5. The fourth-order valence-electron chi connectivity index (χ4n) is 3.62. The smallest absolute Gasteiger partial charge is 0.194 e. The standard InChI is InChI=1S/C23H29N5O2/c1-25-23(26-16-19-6-4-5-18(13-19)15-24)28-11-9-27(10-12-28)17-20-7-8-21(29-2)22(14-20)30-3/h4-8,13-14H,9-12,16-17H2,1-3H3,(H,25,26). The molecule has 0 spiro atoms. The molecule has 0 bridgehead atoms. The predicted molar refractivity (Wildman–Crippen MR) is 118 cm³/mol. The number of hydrogen-bond donors (Lipinski definition) is 1. The van der Waals surface area contributed by atoms with Gasteiger partial charge in [-0.1, -0.05) is 18.2 Å². The Morgan fingerprint density at radius 2 is 1.80 bits per heavy atom. The normalized spacial score (nSPS) is 14.9. The number of guanidine groups is 1. The molecule has 7 nitrogen and oxygen atoms in total. The third-order valence-electron chi connectivity index (χ3n) is 5.24. The summed E-state index contributed by atoms with van der Waals surface area (Å²) < 4.78 is 10.7. The van der Waals surface area contributed by atoms with Crippen LogP contribution in [-0.2, 0) is 13.1 Å². The molecule has 7 heteroatoms. The van der Waals surface area contributed by atoms with Crippen molar-refractivity contribution in [3.05, 3.63) is 59.2 Å². The first-order valence-corrected chi connectivity index (χ1v) is 10.0. The van der Waals surface area contributed by atoms with Gasteiger partial charge in [-0.25, -0.2) is 0 Å². The van der Waals surface area contributed by atoms with Crippen molar-refractivity contribution in [2.75, 3.05) is 47.4 Å².